The molecule has 0 radical (unpaired) electrons. The van der Waals surface area contributed by atoms with Gasteiger partial charge >= 0.3 is 8.03 Å². The van der Waals surface area contributed by atoms with E-state index in [0.717, 1.165) is 0 Å². The van der Waals surface area contributed by atoms with Gasteiger partial charge in [0.2, 0.25) is 0 Å². The zero-order valence-corrected chi connectivity index (χ0v) is 8.24. The van der Waals surface area contributed by atoms with Crippen LogP contribution in [0.2, 0.25) is 0 Å². The lowest BCUT2D eigenvalue weighted by molar-refractivity contribution is 0.346. The third kappa shape index (κ3) is 2.76. The maximum absolute atomic E-state index is 11.1. The van der Waals surface area contributed by atoms with E-state index in [1.165, 1.54) is 7.11 Å². The van der Waals surface area contributed by atoms with Crippen LogP contribution in [-0.2, 0) is 9.09 Å². The Hall–Kier alpha value is 0.0600. The van der Waals surface area contributed by atoms with Crippen molar-refractivity contribution in [3.63, 3.8) is 0 Å². The van der Waals surface area contributed by atoms with E-state index in [-0.39, 0.29) is 11.1 Å². The van der Waals surface area contributed by atoms with E-state index in [0.29, 0.717) is 0 Å². The summed E-state index contributed by atoms with van der Waals surface area (Å²) in [7, 11) is 0.00942. The highest BCUT2D eigenvalue weighted by Crippen LogP contribution is 2.39. The summed E-state index contributed by atoms with van der Waals surface area (Å²) in [6, 6.07) is 0. The largest absolute Gasteiger partial charge is 0.511 e. The number of hydrogen-bond donors (Lipinski definition) is 0. The van der Waals surface area contributed by atoms with Gasteiger partial charge in [0.1, 0.15) is 0 Å². The van der Waals surface area contributed by atoms with Gasteiger partial charge in [-0.3, -0.25) is 0 Å². The maximum Gasteiger partial charge on any atom is 0.511 e. The topological polar surface area (TPSA) is 26.3 Å². The molecular formula is C7H16O2P+. The third-order valence-corrected chi connectivity index (χ3v) is 3.52. The minimum atomic E-state index is -1.48. The molecule has 0 N–H and O–H groups in total. The van der Waals surface area contributed by atoms with E-state index in [1.807, 2.05) is 6.92 Å². The first kappa shape index (κ1) is 10.1. The van der Waals surface area contributed by atoms with Crippen LogP contribution in [0.25, 0.3) is 0 Å². The molecule has 10 heavy (non-hydrogen) atoms. The van der Waals surface area contributed by atoms with Crippen molar-refractivity contribution in [1.82, 2.24) is 0 Å². The second-order valence-electron chi connectivity index (χ2n) is 3.51. The van der Waals surface area contributed by atoms with Crippen molar-refractivity contribution in [2.45, 2.75) is 33.4 Å². The van der Waals surface area contributed by atoms with Gasteiger partial charge in [-0.1, -0.05) is 20.8 Å². The van der Waals surface area contributed by atoms with Crippen LogP contribution in [0, 0.1) is 5.41 Å². The van der Waals surface area contributed by atoms with Crippen molar-refractivity contribution in [2.24, 2.45) is 5.41 Å². The first-order valence-corrected chi connectivity index (χ1v) is 4.64. The Labute approximate surface area is 63.8 Å². The Morgan fingerprint density at radius 3 is 1.90 bits per heavy atom. The van der Waals surface area contributed by atoms with Gasteiger partial charge in [0, 0.05) is 5.41 Å². The molecule has 0 aliphatic rings. The Morgan fingerprint density at radius 1 is 1.40 bits per heavy atom. The molecule has 0 rings (SSSR count). The van der Waals surface area contributed by atoms with Crippen LogP contribution in [0.1, 0.15) is 27.7 Å². The summed E-state index contributed by atoms with van der Waals surface area (Å²) >= 11 is 0. The maximum atomic E-state index is 11.1. The lowest BCUT2D eigenvalue weighted by Gasteiger charge is -2.16. The van der Waals surface area contributed by atoms with E-state index in [2.05, 4.69) is 20.8 Å². The molecule has 0 spiro atoms. The first-order chi connectivity index (χ1) is 4.39. The molecule has 0 aromatic rings. The monoisotopic (exact) mass is 163 g/mol. The van der Waals surface area contributed by atoms with E-state index < -0.39 is 8.03 Å². The smallest absolute Gasteiger partial charge is 0.149 e. The van der Waals surface area contributed by atoms with Crippen LogP contribution in [0.5, 0.6) is 0 Å². The van der Waals surface area contributed by atoms with Crippen molar-refractivity contribution in [2.75, 3.05) is 7.11 Å². The molecular weight excluding hydrogens is 147 g/mol. The molecule has 2 nitrogen and oxygen atoms in total. The van der Waals surface area contributed by atoms with Crippen molar-refractivity contribution >= 4 is 8.03 Å². The summed E-state index contributed by atoms with van der Waals surface area (Å²) in [5, 5.41) is 0. The molecule has 3 heteroatoms. The summed E-state index contributed by atoms with van der Waals surface area (Å²) < 4.78 is 15.8. The van der Waals surface area contributed by atoms with Crippen LogP contribution < -0.4 is 0 Å². The van der Waals surface area contributed by atoms with Crippen LogP contribution in [0.4, 0.5) is 0 Å². The highest BCUT2D eigenvalue weighted by molar-refractivity contribution is 7.40. The zero-order chi connectivity index (χ0) is 8.36. The standard InChI is InChI=1S/C7H16O2P/c1-6(7(2,3)4)10(8)9-5/h6H,1-5H3/q+1. The molecule has 0 aromatic heterocycles. The molecule has 0 aliphatic heterocycles. The minimum Gasteiger partial charge on any atom is -0.149 e. The average Bonchev–Trinajstić information content (AvgIpc) is 1.83. The Morgan fingerprint density at radius 2 is 1.80 bits per heavy atom. The predicted molar refractivity (Wildman–Crippen MR) is 43.5 cm³/mol. The van der Waals surface area contributed by atoms with Gasteiger partial charge in [0.15, 0.2) is 5.66 Å². The molecule has 60 valence electrons. The van der Waals surface area contributed by atoms with Gasteiger partial charge in [0.05, 0.1) is 7.11 Å². The number of hydrogen-bond acceptors (Lipinski definition) is 2. The average molecular weight is 163 g/mol. The highest BCUT2D eigenvalue weighted by atomic mass is 31.1. The van der Waals surface area contributed by atoms with Crippen molar-refractivity contribution in [1.29, 1.82) is 0 Å². The second kappa shape index (κ2) is 3.45. The molecule has 0 saturated carbocycles. The molecule has 0 aromatic carbocycles. The fourth-order valence-corrected chi connectivity index (χ4v) is 1.42. The van der Waals surface area contributed by atoms with Crippen molar-refractivity contribution in [3.8, 4) is 0 Å². The highest BCUT2D eigenvalue weighted by Gasteiger charge is 2.37. The molecule has 0 saturated heterocycles. The summed E-state index contributed by atoms with van der Waals surface area (Å²) in [4.78, 5) is 0. The van der Waals surface area contributed by atoms with Crippen molar-refractivity contribution < 1.29 is 9.09 Å². The lowest BCUT2D eigenvalue weighted by atomic mass is 9.93. The summed E-state index contributed by atoms with van der Waals surface area (Å²) in [5.74, 6) is 0. The van der Waals surface area contributed by atoms with Crippen LogP contribution in [0.3, 0.4) is 0 Å². The van der Waals surface area contributed by atoms with Gasteiger partial charge < -0.3 is 0 Å². The van der Waals surface area contributed by atoms with Gasteiger partial charge in [-0.2, -0.15) is 0 Å². The predicted octanol–water partition coefficient (Wildman–Crippen LogP) is 2.81. The number of rotatable bonds is 2. The molecule has 2 unspecified atom stereocenters. The molecule has 0 amide bonds. The van der Waals surface area contributed by atoms with E-state index in [1.54, 1.807) is 0 Å². The van der Waals surface area contributed by atoms with Gasteiger partial charge in [-0.05, 0) is 11.5 Å². The van der Waals surface area contributed by atoms with Gasteiger partial charge in [0.25, 0.3) is 0 Å². The summed E-state index contributed by atoms with van der Waals surface area (Å²) in [6.07, 6.45) is 0. The molecule has 0 fully saturated rings. The minimum absolute atomic E-state index is 0.0729. The lowest BCUT2D eigenvalue weighted by Crippen LogP contribution is -2.19. The summed E-state index contributed by atoms with van der Waals surface area (Å²) in [6.45, 7) is 8.12. The SMILES string of the molecule is CO[P+](=O)C(C)C(C)(C)C. The van der Waals surface area contributed by atoms with Gasteiger partial charge in [-0.25, -0.2) is 0 Å². The fraction of sp³-hybridized carbons (Fsp3) is 1.00. The van der Waals surface area contributed by atoms with Crippen LogP contribution in [0.15, 0.2) is 0 Å². The van der Waals surface area contributed by atoms with E-state index in [9.17, 15) is 4.57 Å². The first-order valence-electron chi connectivity index (χ1n) is 3.40. The normalized spacial score (nSPS) is 16.7. The summed E-state index contributed by atoms with van der Waals surface area (Å²) in [5.41, 5.74) is 0.191. The van der Waals surface area contributed by atoms with Crippen LogP contribution in [-0.4, -0.2) is 12.8 Å². The Bertz CT molecular complexity index is 126. The third-order valence-electron chi connectivity index (χ3n) is 1.75. The fourth-order valence-electron chi connectivity index (χ4n) is 0.474. The molecule has 2 atom stereocenters. The van der Waals surface area contributed by atoms with Crippen molar-refractivity contribution in [3.05, 3.63) is 0 Å². The van der Waals surface area contributed by atoms with Crippen LogP contribution >= 0.6 is 8.03 Å². The molecule has 0 aliphatic carbocycles. The van der Waals surface area contributed by atoms with E-state index in [4.69, 9.17) is 4.52 Å². The Balaban J connectivity index is 4.08. The Kier molecular flexibility index (Phi) is 3.47. The molecule has 0 heterocycles. The van der Waals surface area contributed by atoms with E-state index >= 15 is 0 Å². The second-order valence-corrected chi connectivity index (χ2v) is 5.22. The quantitative estimate of drug-likeness (QED) is 0.585. The zero-order valence-electron chi connectivity index (χ0n) is 7.34. The van der Waals surface area contributed by atoms with Gasteiger partial charge in [-0.15, -0.1) is 4.52 Å². The molecule has 0 bridgehead atoms.